The lowest BCUT2D eigenvalue weighted by Gasteiger charge is -2.20. The summed E-state index contributed by atoms with van der Waals surface area (Å²) in [6.45, 7) is 8.36. The molecule has 0 bridgehead atoms. The van der Waals surface area contributed by atoms with Crippen LogP contribution >= 0.6 is 58.8 Å². The summed E-state index contributed by atoms with van der Waals surface area (Å²) in [5.74, 6) is -3.35. The van der Waals surface area contributed by atoms with Crippen LogP contribution in [-0.4, -0.2) is 29.4 Å². The van der Waals surface area contributed by atoms with E-state index in [9.17, 15) is 23.2 Å². The maximum absolute atomic E-state index is 13.3. The Morgan fingerprint density at radius 2 is 1.18 bits per heavy atom. The number of hydrogen-bond acceptors (Lipinski definition) is 5. The van der Waals surface area contributed by atoms with Crippen LogP contribution in [0.1, 0.15) is 41.0 Å². The molecule has 0 aliphatic carbocycles. The molecule has 2 amide bonds. The van der Waals surface area contributed by atoms with E-state index >= 15 is 0 Å². The number of nitrogens with one attached hydrogen (secondary N) is 2. The van der Waals surface area contributed by atoms with Crippen LogP contribution in [0.2, 0.25) is 20.1 Å². The van der Waals surface area contributed by atoms with Crippen molar-refractivity contribution in [1.82, 2.24) is 0 Å². The third kappa shape index (κ3) is 12.3. The molecular formula is C24H28Cl5F2N3O4. The number of rotatable bonds is 6. The summed E-state index contributed by atoms with van der Waals surface area (Å²) in [5.41, 5.74) is 5.31. The molecule has 0 heterocycles. The van der Waals surface area contributed by atoms with Crippen molar-refractivity contribution < 1.29 is 27.9 Å². The molecule has 0 saturated heterocycles. The molecule has 0 saturated carbocycles. The first-order valence-electron chi connectivity index (χ1n) is 10.8. The number of carbonyl (C=O) groups is 3. The van der Waals surface area contributed by atoms with E-state index in [1.165, 1.54) is 31.2 Å². The Labute approximate surface area is 246 Å². The van der Waals surface area contributed by atoms with E-state index in [4.69, 9.17) is 56.9 Å². The standard InChI is InChI=1S/C15H18Cl2FNO3.C9H9Cl2FN2O.ClH/c1-8(5-12(20)22-15(2,3)4)14(21)19-9-6-10(16)13(18)11(17)7-9;1-4(13)9(15)14-5-2-6(10)8(12)7(11)3-5;/h6-8H,5H2,1-4H3,(H,19,21);2-4H,13H2,1H3,(H,14,15);1H/t8-;4-;/m01./s1. The highest BCUT2D eigenvalue weighted by Gasteiger charge is 2.22. The molecule has 38 heavy (non-hydrogen) atoms. The minimum absolute atomic E-state index is 0. The van der Waals surface area contributed by atoms with Gasteiger partial charge in [0.25, 0.3) is 0 Å². The van der Waals surface area contributed by atoms with Crippen molar-refractivity contribution in [1.29, 1.82) is 0 Å². The van der Waals surface area contributed by atoms with Crippen molar-refractivity contribution in [3.8, 4) is 0 Å². The van der Waals surface area contributed by atoms with Gasteiger partial charge in [0.15, 0.2) is 11.6 Å². The van der Waals surface area contributed by atoms with E-state index in [1.807, 2.05) is 0 Å². The lowest BCUT2D eigenvalue weighted by molar-refractivity contribution is -0.156. The van der Waals surface area contributed by atoms with Crippen molar-refractivity contribution in [2.45, 2.75) is 52.7 Å². The van der Waals surface area contributed by atoms with Gasteiger partial charge in [-0.2, -0.15) is 0 Å². The number of amides is 2. The molecule has 2 aromatic carbocycles. The van der Waals surface area contributed by atoms with E-state index in [2.05, 4.69) is 10.6 Å². The number of benzene rings is 2. The quantitative estimate of drug-likeness (QED) is 0.228. The molecular weight excluding hydrogens is 610 g/mol. The van der Waals surface area contributed by atoms with Crippen molar-refractivity contribution >= 4 is 88.0 Å². The number of ether oxygens (including phenoxy) is 1. The fourth-order valence-electron chi connectivity index (χ4n) is 2.50. The second-order valence-electron chi connectivity index (χ2n) is 8.97. The first kappa shape index (κ1) is 36.1. The van der Waals surface area contributed by atoms with E-state index in [0.29, 0.717) is 5.69 Å². The van der Waals surface area contributed by atoms with Crippen molar-refractivity contribution in [2.24, 2.45) is 11.7 Å². The molecule has 0 spiro atoms. The summed E-state index contributed by atoms with van der Waals surface area (Å²) < 4.78 is 31.5. The summed E-state index contributed by atoms with van der Waals surface area (Å²) in [7, 11) is 0. The van der Waals surface area contributed by atoms with Crippen LogP contribution in [0.25, 0.3) is 0 Å². The molecule has 0 aromatic heterocycles. The zero-order chi connectivity index (χ0) is 28.7. The van der Waals surface area contributed by atoms with Crippen LogP contribution in [0.4, 0.5) is 20.2 Å². The predicted molar refractivity (Wildman–Crippen MR) is 151 cm³/mol. The monoisotopic (exact) mass is 635 g/mol. The zero-order valence-electron chi connectivity index (χ0n) is 21.1. The van der Waals surface area contributed by atoms with Gasteiger partial charge in [0, 0.05) is 17.3 Å². The fourth-order valence-corrected chi connectivity index (χ4v) is 3.48. The molecule has 7 nitrogen and oxygen atoms in total. The number of nitrogens with two attached hydrogens (primary N) is 1. The Balaban J connectivity index is 0.000000750. The molecule has 2 rings (SSSR count). The van der Waals surface area contributed by atoms with Gasteiger partial charge in [-0.1, -0.05) is 53.3 Å². The maximum atomic E-state index is 13.3. The molecule has 4 N–H and O–H groups in total. The summed E-state index contributed by atoms with van der Waals surface area (Å²) in [5, 5.41) is 4.30. The van der Waals surface area contributed by atoms with Gasteiger partial charge in [0.1, 0.15) is 5.60 Å². The van der Waals surface area contributed by atoms with Crippen LogP contribution in [0.5, 0.6) is 0 Å². The number of hydrogen-bond donors (Lipinski definition) is 3. The SMILES string of the molecule is C[C@@H](CC(=O)OC(C)(C)C)C(=O)Nc1cc(Cl)c(F)c(Cl)c1.C[C@@H](N)C(=O)Nc1cc(Cl)c(F)c(Cl)c1.Cl. The second-order valence-corrected chi connectivity index (χ2v) is 10.6. The number of esters is 1. The van der Waals surface area contributed by atoms with Gasteiger partial charge >= 0.3 is 5.97 Å². The van der Waals surface area contributed by atoms with Crippen LogP contribution in [0.15, 0.2) is 24.3 Å². The summed E-state index contributed by atoms with van der Waals surface area (Å²) in [6, 6.07) is 4.38. The minimum atomic E-state index is -0.747. The molecule has 0 unspecified atom stereocenters. The third-order valence-electron chi connectivity index (χ3n) is 4.26. The van der Waals surface area contributed by atoms with E-state index < -0.39 is 47.0 Å². The first-order chi connectivity index (χ1) is 16.9. The number of carbonyl (C=O) groups excluding carboxylic acids is 3. The van der Waals surface area contributed by atoms with Crippen molar-refractivity contribution in [2.75, 3.05) is 10.6 Å². The summed E-state index contributed by atoms with van der Waals surface area (Å²) in [6.07, 6.45) is -0.0637. The van der Waals surface area contributed by atoms with Gasteiger partial charge in [0.05, 0.1) is 32.6 Å². The van der Waals surface area contributed by atoms with Gasteiger partial charge < -0.3 is 21.1 Å². The maximum Gasteiger partial charge on any atom is 0.307 e. The molecule has 0 radical (unpaired) electrons. The van der Waals surface area contributed by atoms with E-state index in [-0.39, 0.29) is 44.6 Å². The van der Waals surface area contributed by atoms with E-state index in [1.54, 1.807) is 27.7 Å². The average Bonchev–Trinajstić information content (AvgIpc) is 2.74. The Bertz CT molecular complexity index is 1110. The highest BCUT2D eigenvalue weighted by molar-refractivity contribution is 6.36. The van der Waals surface area contributed by atoms with Crippen LogP contribution in [0, 0.1) is 17.6 Å². The van der Waals surface area contributed by atoms with Gasteiger partial charge in [-0.15, -0.1) is 12.4 Å². The zero-order valence-corrected chi connectivity index (χ0v) is 24.9. The fraction of sp³-hybridized carbons (Fsp3) is 0.375. The molecule has 2 aromatic rings. The van der Waals surface area contributed by atoms with Crippen molar-refractivity contribution in [3.05, 3.63) is 56.0 Å². The third-order valence-corrected chi connectivity index (χ3v) is 5.36. The van der Waals surface area contributed by atoms with Gasteiger partial charge in [-0.25, -0.2) is 8.78 Å². The highest BCUT2D eigenvalue weighted by Crippen LogP contribution is 2.28. The Kier molecular flexibility index (Phi) is 14.9. The molecule has 0 aliphatic heterocycles. The topological polar surface area (TPSA) is 111 Å². The number of anilines is 2. The Morgan fingerprint density at radius 3 is 1.50 bits per heavy atom. The normalized spacial score (nSPS) is 12.2. The van der Waals surface area contributed by atoms with E-state index in [0.717, 1.165) is 0 Å². The highest BCUT2D eigenvalue weighted by atomic mass is 35.5. The lowest BCUT2D eigenvalue weighted by atomic mass is 10.1. The summed E-state index contributed by atoms with van der Waals surface area (Å²) in [4.78, 5) is 34.9. The molecule has 2 atom stereocenters. The average molecular weight is 638 g/mol. The molecule has 0 aliphatic rings. The molecule has 0 fully saturated rings. The van der Waals surface area contributed by atoms with Crippen LogP contribution in [-0.2, 0) is 19.1 Å². The first-order valence-corrected chi connectivity index (χ1v) is 12.3. The molecule has 14 heteroatoms. The Hall–Kier alpha value is -1.88. The van der Waals surface area contributed by atoms with Gasteiger partial charge in [-0.3, -0.25) is 14.4 Å². The van der Waals surface area contributed by atoms with Crippen molar-refractivity contribution in [3.63, 3.8) is 0 Å². The minimum Gasteiger partial charge on any atom is -0.460 e. The lowest BCUT2D eigenvalue weighted by Crippen LogP contribution is -2.32. The largest absolute Gasteiger partial charge is 0.460 e. The van der Waals surface area contributed by atoms with Crippen LogP contribution in [0.3, 0.4) is 0 Å². The van der Waals surface area contributed by atoms with Gasteiger partial charge in [0.2, 0.25) is 11.8 Å². The van der Waals surface area contributed by atoms with Crippen LogP contribution < -0.4 is 16.4 Å². The Morgan fingerprint density at radius 1 is 0.842 bits per heavy atom. The second kappa shape index (κ2) is 15.6. The molecule has 212 valence electrons. The van der Waals surface area contributed by atoms with Gasteiger partial charge in [-0.05, 0) is 52.0 Å². The summed E-state index contributed by atoms with van der Waals surface area (Å²) >= 11 is 22.4. The smallest absolute Gasteiger partial charge is 0.307 e. The predicted octanol–water partition coefficient (Wildman–Crippen LogP) is 7.28. The number of halogens is 7.